The molecule has 32 heavy (non-hydrogen) atoms. The van der Waals surface area contributed by atoms with E-state index in [2.05, 4.69) is 41.6 Å². The average molecular weight is 477 g/mol. The Morgan fingerprint density at radius 3 is 2.22 bits per heavy atom. The molecule has 1 aromatic rings. The van der Waals surface area contributed by atoms with E-state index in [-0.39, 0.29) is 29.1 Å². The van der Waals surface area contributed by atoms with Crippen LogP contribution in [0.15, 0.2) is 12.2 Å². The van der Waals surface area contributed by atoms with Crippen LogP contribution in [0.5, 0.6) is 0 Å². The molecular weight excluding hydrogens is 449 g/mol. The van der Waals surface area contributed by atoms with E-state index in [0.29, 0.717) is 17.5 Å². The molecule has 2 aliphatic rings. The number of rotatable bonds is 7. The highest BCUT2D eigenvalue weighted by Gasteiger charge is 2.38. The summed E-state index contributed by atoms with van der Waals surface area (Å²) in [5, 5.41) is 22.6. The van der Waals surface area contributed by atoms with Crippen molar-refractivity contribution in [1.82, 2.24) is 15.5 Å². The smallest absolute Gasteiger partial charge is 0.475 e. The molecule has 1 aromatic heterocycles. The monoisotopic (exact) mass is 476 g/mol. The summed E-state index contributed by atoms with van der Waals surface area (Å²) in [6, 6.07) is 0.0284. The van der Waals surface area contributed by atoms with E-state index in [4.69, 9.17) is 9.90 Å². The fourth-order valence-corrected chi connectivity index (χ4v) is 3.59. The second-order valence-electron chi connectivity index (χ2n) is 8.78. The van der Waals surface area contributed by atoms with Crippen molar-refractivity contribution < 1.29 is 32.7 Å². The number of alkyl halides is 3. The summed E-state index contributed by atoms with van der Waals surface area (Å²) >= 11 is 1.40. The Balaban J connectivity index is 0.000000451. The van der Waals surface area contributed by atoms with Gasteiger partial charge in [-0.25, -0.2) is 4.79 Å². The number of anilines is 1. The van der Waals surface area contributed by atoms with Crippen LogP contribution >= 0.6 is 11.3 Å². The first-order valence-corrected chi connectivity index (χ1v) is 11.0. The minimum atomic E-state index is -5.08. The molecule has 0 radical (unpaired) electrons. The number of carbonyl (C=O) groups is 3. The van der Waals surface area contributed by atoms with Gasteiger partial charge in [0, 0.05) is 11.8 Å². The standard InChI is InChI=1S/C18H26N4O2S.C2HF3O2/c1-18(2,3)16-21-22-17(25-16)20-15(24)7-6-12(11-4-5-11)10-14(23)13-8-9-19-13;3-2(4,5)1(6)7/h6-7,11-13,19H,4-5,8-10H2,1-3H3,(H,20,22,24);(H,6,7)/b7-6+;/t12-,13-;/m0./s1. The Labute approximate surface area is 187 Å². The van der Waals surface area contributed by atoms with Crippen LogP contribution in [-0.4, -0.2) is 51.7 Å². The molecule has 12 heteroatoms. The van der Waals surface area contributed by atoms with E-state index in [9.17, 15) is 22.8 Å². The Morgan fingerprint density at radius 2 is 1.81 bits per heavy atom. The minimum absolute atomic E-state index is 0.0284. The van der Waals surface area contributed by atoms with Crippen molar-refractivity contribution in [3.8, 4) is 0 Å². The second-order valence-corrected chi connectivity index (χ2v) is 9.76. The number of aromatic nitrogens is 2. The van der Waals surface area contributed by atoms with Crippen LogP contribution in [0.2, 0.25) is 0 Å². The van der Waals surface area contributed by atoms with Gasteiger partial charge in [-0.2, -0.15) is 13.2 Å². The van der Waals surface area contributed by atoms with Gasteiger partial charge in [-0.15, -0.1) is 10.2 Å². The summed E-state index contributed by atoms with van der Waals surface area (Å²) in [5.41, 5.74) is -0.0799. The number of ketones is 1. The largest absolute Gasteiger partial charge is 0.490 e. The van der Waals surface area contributed by atoms with Crippen LogP contribution in [0, 0.1) is 11.8 Å². The molecule has 1 aliphatic carbocycles. The third-order valence-corrected chi connectivity index (χ3v) is 6.18. The molecule has 8 nitrogen and oxygen atoms in total. The van der Waals surface area contributed by atoms with Crippen LogP contribution < -0.4 is 10.6 Å². The van der Waals surface area contributed by atoms with Gasteiger partial charge in [-0.05, 0) is 43.7 Å². The number of nitrogens with zero attached hydrogens (tertiary/aromatic N) is 2. The molecule has 0 spiro atoms. The van der Waals surface area contributed by atoms with Gasteiger partial charge in [-0.1, -0.05) is 38.2 Å². The van der Waals surface area contributed by atoms with Crippen molar-refractivity contribution in [2.75, 3.05) is 11.9 Å². The summed E-state index contributed by atoms with van der Waals surface area (Å²) < 4.78 is 31.7. The van der Waals surface area contributed by atoms with Crippen molar-refractivity contribution >= 4 is 34.1 Å². The molecule has 3 rings (SSSR count). The number of hydrogen-bond acceptors (Lipinski definition) is 7. The van der Waals surface area contributed by atoms with Crippen LogP contribution in [-0.2, 0) is 19.8 Å². The Bertz CT molecular complexity index is 856. The zero-order valence-electron chi connectivity index (χ0n) is 18.0. The molecule has 1 saturated heterocycles. The molecule has 0 bridgehead atoms. The van der Waals surface area contributed by atoms with E-state index in [0.717, 1.165) is 30.8 Å². The number of hydrogen-bond donors (Lipinski definition) is 3. The maximum Gasteiger partial charge on any atom is 0.490 e. The minimum Gasteiger partial charge on any atom is -0.475 e. The fourth-order valence-electron chi connectivity index (χ4n) is 2.79. The van der Waals surface area contributed by atoms with Crippen molar-refractivity contribution in [3.05, 3.63) is 17.2 Å². The molecule has 1 aliphatic heterocycles. The van der Waals surface area contributed by atoms with Gasteiger partial charge in [0.05, 0.1) is 6.04 Å². The van der Waals surface area contributed by atoms with Crippen LogP contribution in [0.1, 0.15) is 51.5 Å². The molecule has 0 aromatic carbocycles. The van der Waals surface area contributed by atoms with Crippen molar-refractivity contribution in [2.45, 2.75) is 64.1 Å². The number of halogens is 3. The predicted molar refractivity (Wildman–Crippen MR) is 112 cm³/mol. The molecule has 0 unspecified atom stereocenters. The van der Waals surface area contributed by atoms with Crippen molar-refractivity contribution in [1.29, 1.82) is 0 Å². The van der Waals surface area contributed by atoms with Gasteiger partial charge < -0.3 is 10.4 Å². The number of carboxylic acid groups (broad SMARTS) is 1. The zero-order valence-corrected chi connectivity index (χ0v) is 18.8. The van der Waals surface area contributed by atoms with E-state index in [1.54, 1.807) is 6.08 Å². The Kier molecular flexibility index (Phi) is 8.52. The molecule has 2 atom stereocenters. The summed E-state index contributed by atoms with van der Waals surface area (Å²) in [4.78, 5) is 33.2. The van der Waals surface area contributed by atoms with E-state index in [1.807, 2.05) is 6.08 Å². The molecule has 3 N–H and O–H groups in total. The van der Waals surface area contributed by atoms with Crippen molar-refractivity contribution in [2.24, 2.45) is 11.8 Å². The second kappa shape index (κ2) is 10.5. The van der Waals surface area contributed by atoms with Crippen LogP contribution in [0.4, 0.5) is 18.3 Å². The SMILES string of the molecule is CC(C)(C)c1nnc(NC(=O)/C=C/[C@@H](CC(=O)[C@@H]2CCN2)C2CC2)s1.O=C(O)C(F)(F)F. The first kappa shape index (κ1) is 25.9. The maximum atomic E-state index is 12.2. The van der Waals surface area contributed by atoms with Gasteiger partial charge in [0.25, 0.3) is 0 Å². The zero-order chi connectivity index (χ0) is 24.1. The predicted octanol–water partition coefficient (Wildman–Crippen LogP) is 3.31. The number of carbonyl (C=O) groups excluding carboxylic acids is 2. The summed E-state index contributed by atoms with van der Waals surface area (Å²) in [6.07, 6.45) is 2.12. The highest BCUT2D eigenvalue weighted by molar-refractivity contribution is 7.15. The molecule has 2 fully saturated rings. The number of aliphatic carboxylic acids is 1. The molecule has 178 valence electrons. The third-order valence-electron chi connectivity index (χ3n) is 4.91. The van der Waals surface area contributed by atoms with Gasteiger partial charge in [0.1, 0.15) is 10.8 Å². The van der Waals surface area contributed by atoms with Crippen molar-refractivity contribution in [3.63, 3.8) is 0 Å². The maximum absolute atomic E-state index is 12.2. The lowest BCUT2D eigenvalue weighted by Gasteiger charge is -2.27. The lowest BCUT2D eigenvalue weighted by atomic mass is 9.90. The summed E-state index contributed by atoms with van der Waals surface area (Å²) in [6.45, 7) is 7.12. The van der Waals surface area contributed by atoms with Gasteiger partial charge >= 0.3 is 12.1 Å². The average Bonchev–Trinajstić information content (AvgIpc) is 3.34. The number of amides is 1. The topological polar surface area (TPSA) is 121 Å². The lowest BCUT2D eigenvalue weighted by Crippen LogP contribution is -2.48. The number of nitrogens with one attached hydrogen (secondary N) is 2. The Morgan fingerprint density at radius 1 is 1.22 bits per heavy atom. The number of Topliss-reactive ketones (excluding diaryl/α,β-unsaturated/α-hetero) is 1. The quantitative estimate of drug-likeness (QED) is 0.516. The van der Waals surface area contributed by atoms with E-state index >= 15 is 0 Å². The fraction of sp³-hybridized carbons (Fsp3) is 0.650. The third kappa shape index (κ3) is 8.30. The summed E-state index contributed by atoms with van der Waals surface area (Å²) in [5.74, 6) is -1.99. The first-order chi connectivity index (χ1) is 14.8. The van der Waals surface area contributed by atoms with Gasteiger partial charge in [0.15, 0.2) is 0 Å². The Hall–Kier alpha value is -2.34. The highest BCUT2D eigenvalue weighted by Crippen LogP contribution is 2.39. The lowest BCUT2D eigenvalue weighted by molar-refractivity contribution is -0.192. The van der Waals surface area contributed by atoms with E-state index < -0.39 is 12.1 Å². The van der Waals surface area contributed by atoms with Gasteiger partial charge in [0.2, 0.25) is 11.0 Å². The summed E-state index contributed by atoms with van der Waals surface area (Å²) in [7, 11) is 0. The van der Waals surface area contributed by atoms with Crippen LogP contribution in [0.3, 0.4) is 0 Å². The molecule has 2 heterocycles. The first-order valence-electron chi connectivity index (χ1n) is 10.2. The molecule has 1 saturated carbocycles. The number of allylic oxidation sites excluding steroid dienone is 1. The molecule has 1 amide bonds. The highest BCUT2D eigenvalue weighted by atomic mass is 32.1. The van der Waals surface area contributed by atoms with Gasteiger partial charge in [-0.3, -0.25) is 14.9 Å². The van der Waals surface area contributed by atoms with E-state index in [1.165, 1.54) is 11.3 Å². The number of carboxylic acids is 1. The normalized spacial score (nSPS) is 19.5. The molecular formula is C20H27F3N4O4S. The van der Waals surface area contributed by atoms with Crippen LogP contribution in [0.25, 0.3) is 0 Å².